The second-order valence-electron chi connectivity index (χ2n) is 5.60. The second kappa shape index (κ2) is 5.28. The topological polar surface area (TPSA) is 60.2 Å². The number of rotatable bonds is 4. The van der Waals surface area contributed by atoms with Crippen LogP contribution in [0.2, 0.25) is 13.1 Å². The molecule has 1 atom stereocenters. The zero-order valence-electron chi connectivity index (χ0n) is 11.6. The molecule has 0 aromatic carbocycles. The van der Waals surface area contributed by atoms with Crippen LogP contribution in [0, 0.1) is 5.41 Å². The van der Waals surface area contributed by atoms with Crippen LogP contribution in [0.25, 0.3) is 0 Å². The summed E-state index contributed by atoms with van der Waals surface area (Å²) in [6.07, 6.45) is -0.110. The van der Waals surface area contributed by atoms with E-state index in [1.807, 2.05) is 0 Å². The number of hydrogen-bond donors (Lipinski definition) is 1. The highest BCUT2D eigenvalue weighted by atomic mass is 28.3. The van der Waals surface area contributed by atoms with Crippen molar-refractivity contribution in [1.82, 2.24) is 14.8 Å². The average molecular weight is 257 g/mol. The fourth-order valence-electron chi connectivity index (χ4n) is 1.61. The number of aliphatic hydroxyl groups is 1. The van der Waals surface area contributed by atoms with Gasteiger partial charge in [0.2, 0.25) is 0 Å². The van der Waals surface area contributed by atoms with Gasteiger partial charge in [-0.2, -0.15) is 5.10 Å². The molecule has 0 bridgehead atoms. The molecule has 0 fully saturated rings. The van der Waals surface area contributed by atoms with Crippen LogP contribution in [-0.4, -0.2) is 28.9 Å². The molecule has 1 N–H and O–H groups in total. The predicted molar refractivity (Wildman–Crippen MR) is 69.1 cm³/mol. The maximum atomic E-state index is 9.14. The van der Waals surface area contributed by atoms with Crippen LogP contribution < -0.4 is 0 Å². The molecule has 0 saturated carbocycles. The van der Waals surface area contributed by atoms with E-state index in [-0.39, 0.29) is 18.1 Å². The Labute approximate surface area is 105 Å². The Morgan fingerprint density at radius 2 is 2.00 bits per heavy atom. The summed E-state index contributed by atoms with van der Waals surface area (Å²) in [4.78, 5) is 4.35. The molecule has 0 amide bonds. The van der Waals surface area contributed by atoms with Crippen molar-refractivity contribution in [3.63, 3.8) is 0 Å². The molecular weight excluding hydrogens is 234 g/mol. The van der Waals surface area contributed by atoms with Crippen molar-refractivity contribution in [3.8, 4) is 0 Å². The van der Waals surface area contributed by atoms with Gasteiger partial charge in [-0.25, -0.2) is 4.98 Å². The van der Waals surface area contributed by atoms with Crippen molar-refractivity contribution in [2.75, 3.05) is 0 Å². The van der Waals surface area contributed by atoms with E-state index in [1.54, 1.807) is 11.7 Å². The average Bonchev–Trinajstić information content (AvgIpc) is 2.53. The molecule has 1 rings (SSSR count). The maximum absolute atomic E-state index is 9.14. The maximum Gasteiger partial charge on any atom is 0.179 e. The van der Waals surface area contributed by atoms with Gasteiger partial charge >= 0.3 is 0 Å². The Hall–Kier alpha value is -0.723. The first-order valence-electron chi connectivity index (χ1n) is 5.91. The van der Waals surface area contributed by atoms with E-state index in [0.717, 1.165) is 0 Å². The van der Waals surface area contributed by atoms with E-state index in [2.05, 4.69) is 43.9 Å². The summed E-state index contributed by atoms with van der Waals surface area (Å²) >= 11 is 0. The van der Waals surface area contributed by atoms with Gasteiger partial charge in [0.25, 0.3) is 0 Å². The van der Waals surface area contributed by atoms with Gasteiger partial charge < -0.3 is 9.53 Å². The molecule has 0 aliphatic heterocycles. The summed E-state index contributed by atoms with van der Waals surface area (Å²) in [5, 5.41) is 13.5. The summed E-state index contributed by atoms with van der Waals surface area (Å²) in [5.41, 5.74) is -0.0502. The first-order valence-corrected chi connectivity index (χ1v) is 8.70. The highest BCUT2D eigenvalue weighted by Gasteiger charge is 2.31. The third kappa shape index (κ3) is 3.62. The molecule has 0 radical (unpaired) electrons. The van der Waals surface area contributed by atoms with Crippen molar-refractivity contribution >= 4 is 9.04 Å². The lowest BCUT2D eigenvalue weighted by molar-refractivity contribution is 0.0783. The summed E-state index contributed by atoms with van der Waals surface area (Å²) < 4.78 is 7.64. The zero-order valence-corrected chi connectivity index (χ0v) is 12.7. The lowest BCUT2D eigenvalue weighted by Crippen LogP contribution is -2.27. The molecule has 1 aromatic rings. The molecule has 0 saturated heterocycles. The summed E-state index contributed by atoms with van der Waals surface area (Å²) in [6, 6.07) is 0. The van der Waals surface area contributed by atoms with Crippen LogP contribution in [0.5, 0.6) is 0 Å². The fourth-order valence-corrected chi connectivity index (χ4v) is 2.69. The highest BCUT2D eigenvalue weighted by Crippen LogP contribution is 2.34. The van der Waals surface area contributed by atoms with Crippen molar-refractivity contribution in [3.05, 3.63) is 11.6 Å². The van der Waals surface area contributed by atoms with Crippen molar-refractivity contribution in [1.29, 1.82) is 0 Å². The molecule has 5 nitrogen and oxygen atoms in total. The van der Waals surface area contributed by atoms with E-state index in [0.29, 0.717) is 11.6 Å². The van der Waals surface area contributed by atoms with Crippen molar-refractivity contribution in [2.24, 2.45) is 12.5 Å². The number of nitrogens with zero attached hydrogens (tertiary/aromatic N) is 3. The van der Waals surface area contributed by atoms with E-state index in [4.69, 9.17) is 9.53 Å². The number of aryl methyl sites for hydroxylation is 1. The predicted octanol–water partition coefficient (Wildman–Crippen LogP) is 1.39. The van der Waals surface area contributed by atoms with Crippen LogP contribution in [0.15, 0.2) is 0 Å². The number of aliphatic hydroxyl groups excluding tert-OH is 1. The quantitative estimate of drug-likeness (QED) is 0.828. The van der Waals surface area contributed by atoms with Gasteiger partial charge in [0.15, 0.2) is 20.7 Å². The Morgan fingerprint density at radius 1 is 1.41 bits per heavy atom. The smallest absolute Gasteiger partial charge is 0.179 e. The third-order valence-electron chi connectivity index (χ3n) is 2.44. The molecule has 1 aromatic heterocycles. The minimum Gasteiger partial charge on any atom is -0.410 e. The summed E-state index contributed by atoms with van der Waals surface area (Å²) in [5.74, 6) is 1.24. The fraction of sp³-hybridized carbons (Fsp3) is 0.818. The standard InChI is InChI=1S/C11H23N3O2Si/c1-11(2,3)9(16-17(5)6)10-12-8(7-15)14(4)13-10/h9,15,17H,7H2,1-6H3. The van der Waals surface area contributed by atoms with Gasteiger partial charge in [0.05, 0.1) is 0 Å². The van der Waals surface area contributed by atoms with E-state index in [9.17, 15) is 0 Å². The SMILES string of the molecule is Cn1nc(C(O[SiH](C)C)C(C)(C)C)nc1CO. The van der Waals surface area contributed by atoms with E-state index < -0.39 is 9.04 Å². The van der Waals surface area contributed by atoms with Gasteiger partial charge in [-0.3, -0.25) is 4.68 Å². The molecular formula is C11H23N3O2Si. The molecule has 98 valence electrons. The number of aromatic nitrogens is 3. The largest absolute Gasteiger partial charge is 0.410 e. The number of hydrogen-bond acceptors (Lipinski definition) is 4. The first-order chi connectivity index (χ1) is 7.75. The zero-order chi connectivity index (χ0) is 13.2. The monoisotopic (exact) mass is 257 g/mol. The Kier molecular flexibility index (Phi) is 4.46. The van der Waals surface area contributed by atoms with Crippen LogP contribution in [0.4, 0.5) is 0 Å². The molecule has 1 heterocycles. The summed E-state index contributed by atoms with van der Waals surface area (Å²) in [6.45, 7) is 10.5. The Balaban J connectivity index is 3.04. The first kappa shape index (κ1) is 14.3. The summed E-state index contributed by atoms with van der Waals surface area (Å²) in [7, 11) is 0.621. The molecule has 17 heavy (non-hydrogen) atoms. The minimum atomic E-state index is -1.17. The molecule has 0 aliphatic carbocycles. The van der Waals surface area contributed by atoms with Crippen LogP contribution >= 0.6 is 0 Å². The van der Waals surface area contributed by atoms with Gasteiger partial charge in [-0.1, -0.05) is 20.8 Å². The molecule has 6 heteroatoms. The van der Waals surface area contributed by atoms with Crippen molar-refractivity contribution < 1.29 is 9.53 Å². The van der Waals surface area contributed by atoms with Crippen LogP contribution in [-0.2, 0) is 18.1 Å². The lowest BCUT2D eigenvalue weighted by Gasteiger charge is -2.30. The van der Waals surface area contributed by atoms with Gasteiger partial charge in [0, 0.05) is 7.05 Å². The molecule has 1 unspecified atom stereocenters. The minimum absolute atomic E-state index is 0.0502. The third-order valence-corrected chi connectivity index (χ3v) is 3.26. The van der Waals surface area contributed by atoms with Gasteiger partial charge in [-0.05, 0) is 18.5 Å². The Morgan fingerprint density at radius 3 is 2.35 bits per heavy atom. The van der Waals surface area contributed by atoms with E-state index >= 15 is 0 Å². The van der Waals surface area contributed by atoms with E-state index in [1.165, 1.54) is 0 Å². The van der Waals surface area contributed by atoms with Crippen molar-refractivity contribution in [2.45, 2.75) is 46.6 Å². The second-order valence-corrected chi connectivity index (χ2v) is 7.97. The van der Waals surface area contributed by atoms with Crippen LogP contribution in [0.3, 0.4) is 0 Å². The molecule has 0 aliphatic rings. The lowest BCUT2D eigenvalue weighted by atomic mass is 9.89. The Bertz CT molecular complexity index is 371. The molecule has 0 spiro atoms. The highest BCUT2D eigenvalue weighted by molar-refractivity contribution is 6.48. The van der Waals surface area contributed by atoms with Crippen LogP contribution in [0.1, 0.15) is 38.5 Å². The van der Waals surface area contributed by atoms with Gasteiger partial charge in [0.1, 0.15) is 12.7 Å². The van der Waals surface area contributed by atoms with Gasteiger partial charge in [-0.15, -0.1) is 0 Å². The normalized spacial score (nSPS) is 14.4.